The van der Waals surface area contributed by atoms with E-state index in [1.54, 1.807) is 0 Å². The first kappa shape index (κ1) is 12.6. The lowest BCUT2D eigenvalue weighted by Gasteiger charge is -2.14. The zero-order valence-electron chi connectivity index (χ0n) is 11.9. The van der Waals surface area contributed by atoms with Gasteiger partial charge in [-0.2, -0.15) is 0 Å². The molecule has 3 heteroatoms. The van der Waals surface area contributed by atoms with Crippen molar-refractivity contribution in [1.29, 1.82) is 0 Å². The second kappa shape index (κ2) is 3.84. The molecule has 1 aromatic rings. The Morgan fingerprint density at radius 1 is 1.35 bits per heavy atom. The number of nitrogens with zero attached hydrogens (tertiary/aromatic N) is 2. The van der Waals surface area contributed by atoms with Crippen LogP contribution in [0.1, 0.15) is 46.5 Å². The van der Waals surface area contributed by atoms with Gasteiger partial charge in [0.2, 0.25) is 0 Å². The van der Waals surface area contributed by atoms with Gasteiger partial charge in [0.15, 0.2) is 0 Å². The van der Waals surface area contributed by atoms with Gasteiger partial charge in [0.05, 0.1) is 6.04 Å². The van der Waals surface area contributed by atoms with Crippen molar-refractivity contribution in [2.24, 2.45) is 23.8 Å². The van der Waals surface area contributed by atoms with Gasteiger partial charge in [-0.15, -0.1) is 0 Å². The van der Waals surface area contributed by atoms with Crippen molar-refractivity contribution in [3.63, 3.8) is 0 Å². The van der Waals surface area contributed by atoms with Crippen LogP contribution in [0.3, 0.4) is 0 Å². The normalized spacial score (nSPS) is 23.6. The second-order valence-corrected chi connectivity index (χ2v) is 6.52. The molecule has 1 N–H and O–H groups in total. The summed E-state index contributed by atoms with van der Waals surface area (Å²) in [5.41, 5.74) is 0.919. The predicted octanol–water partition coefficient (Wildman–Crippen LogP) is 2.75. The number of rotatable bonds is 4. The van der Waals surface area contributed by atoms with Crippen LogP contribution < -0.4 is 5.32 Å². The summed E-state index contributed by atoms with van der Waals surface area (Å²) in [5.74, 6) is 1.87. The van der Waals surface area contributed by atoms with Gasteiger partial charge in [-0.1, -0.05) is 27.7 Å². The third kappa shape index (κ3) is 1.90. The molecule has 17 heavy (non-hydrogen) atoms. The maximum Gasteiger partial charge on any atom is 0.125 e. The number of aromatic nitrogens is 2. The molecule has 0 aromatic carbocycles. The van der Waals surface area contributed by atoms with Crippen molar-refractivity contribution in [1.82, 2.24) is 14.9 Å². The van der Waals surface area contributed by atoms with Crippen molar-refractivity contribution >= 4 is 0 Å². The molecule has 0 spiro atoms. The van der Waals surface area contributed by atoms with Crippen molar-refractivity contribution in [2.45, 2.75) is 40.7 Å². The molecule has 96 valence electrons. The molecule has 0 radical (unpaired) electrons. The number of nitrogens with one attached hydrogen (secondary N) is 1. The Hall–Kier alpha value is -0.830. The van der Waals surface area contributed by atoms with Crippen LogP contribution in [0.2, 0.25) is 0 Å². The number of hydrogen-bond donors (Lipinski definition) is 1. The average Bonchev–Trinajstić information content (AvgIpc) is 2.55. The van der Waals surface area contributed by atoms with Gasteiger partial charge in [0.25, 0.3) is 0 Å². The van der Waals surface area contributed by atoms with Crippen LogP contribution >= 0.6 is 0 Å². The summed E-state index contributed by atoms with van der Waals surface area (Å²) < 4.78 is 2.08. The van der Waals surface area contributed by atoms with E-state index >= 15 is 0 Å². The van der Waals surface area contributed by atoms with E-state index in [0.717, 1.165) is 18.3 Å². The molecule has 1 saturated carbocycles. The summed E-state index contributed by atoms with van der Waals surface area (Å²) in [6.07, 6.45) is 3.86. The van der Waals surface area contributed by atoms with Crippen molar-refractivity contribution in [2.75, 3.05) is 6.54 Å². The van der Waals surface area contributed by atoms with Crippen LogP contribution in [-0.2, 0) is 7.05 Å². The molecule has 1 fully saturated rings. The molecule has 3 nitrogen and oxygen atoms in total. The Labute approximate surface area is 105 Å². The zero-order chi connectivity index (χ0) is 12.8. The largest absolute Gasteiger partial charge is 0.337 e. The highest BCUT2D eigenvalue weighted by Crippen LogP contribution is 2.68. The standard InChI is InChI=1S/C14H25N3/c1-10(12-15-7-8-17(12)6)16-9-11-13(2,3)14(11,4)5/h7-8,10-11,16H,9H2,1-6H3. The quantitative estimate of drug-likeness (QED) is 0.869. The molecular weight excluding hydrogens is 210 g/mol. The lowest BCUT2D eigenvalue weighted by atomic mass is 10.0. The first-order valence-corrected chi connectivity index (χ1v) is 6.49. The fourth-order valence-corrected chi connectivity index (χ4v) is 3.02. The van der Waals surface area contributed by atoms with E-state index in [2.05, 4.69) is 49.5 Å². The van der Waals surface area contributed by atoms with E-state index in [0.29, 0.717) is 16.9 Å². The Balaban J connectivity index is 1.91. The Morgan fingerprint density at radius 3 is 2.35 bits per heavy atom. The molecule has 1 aliphatic rings. The highest BCUT2D eigenvalue weighted by atomic mass is 15.1. The SMILES string of the molecule is CC(NCC1C(C)(C)C1(C)C)c1nccn1C. The lowest BCUT2D eigenvalue weighted by Crippen LogP contribution is -2.25. The summed E-state index contributed by atoms with van der Waals surface area (Å²) in [7, 11) is 2.05. The maximum absolute atomic E-state index is 4.39. The minimum atomic E-state index is 0.321. The average molecular weight is 235 g/mol. The third-order valence-corrected chi connectivity index (χ3v) is 5.19. The summed E-state index contributed by atoms with van der Waals surface area (Å²) in [5, 5.41) is 3.62. The van der Waals surface area contributed by atoms with Gasteiger partial charge in [0, 0.05) is 19.4 Å². The summed E-state index contributed by atoms with van der Waals surface area (Å²) in [6.45, 7) is 12.7. The van der Waals surface area contributed by atoms with E-state index in [1.165, 1.54) is 0 Å². The van der Waals surface area contributed by atoms with Crippen LogP contribution in [0.5, 0.6) is 0 Å². The van der Waals surface area contributed by atoms with Crippen molar-refractivity contribution < 1.29 is 0 Å². The topological polar surface area (TPSA) is 29.9 Å². The van der Waals surface area contributed by atoms with Gasteiger partial charge in [0.1, 0.15) is 5.82 Å². The van der Waals surface area contributed by atoms with E-state index in [4.69, 9.17) is 0 Å². The van der Waals surface area contributed by atoms with Crippen LogP contribution in [0.25, 0.3) is 0 Å². The third-order valence-electron chi connectivity index (χ3n) is 5.19. The smallest absolute Gasteiger partial charge is 0.125 e. The van der Waals surface area contributed by atoms with Crippen LogP contribution in [0.4, 0.5) is 0 Å². The summed E-state index contributed by atoms with van der Waals surface area (Å²) >= 11 is 0. The molecule has 0 amide bonds. The highest BCUT2D eigenvalue weighted by Gasteiger charge is 2.63. The molecule has 1 atom stereocenters. The van der Waals surface area contributed by atoms with Gasteiger partial charge in [-0.05, 0) is 30.2 Å². The van der Waals surface area contributed by atoms with E-state index < -0.39 is 0 Å². The van der Waals surface area contributed by atoms with Gasteiger partial charge >= 0.3 is 0 Å². The summed E-state index contributed by atoms with van der Waals surface area (Å²) in [6, 6.07) is 0.321. The fraction of sp³-hybridized carbons (Fsp3) is 0.786. The van der Waals surface area contributed by atoms with Crippen LogP contribution in [0.15, 0.2) is 12.4 Å². The van der Waals surface area contributed by atoms with Gasteiger partial charge in [-0.25, -0.2) is 4.98 Å². The molecule has 0 bridgehead atoms. The van der Waals surface area contributed by atoms with Crippen molar-refractivity contribution in [3.05, 3.63) is 18.2 Å². The fourth-order valence-electron chi connectivity index (χ4n) is 3.02. The monoisotopic (exact) mass is 235 g/mol. The first-order valence-electron chi connectivity index (χ1n) is 6.49. The molecule has 0 aliphatic heterocycles. The minimum Gasteiger partial charge on any atom is -0.337 e. The number of hydrogen-bond acceptors (Lipinski definition) is 2. The number of aryl methyl sites for hydroxylation is 1. The zero-order valence-corrected chi connectivity index (χ0v) is 11.9. The Bertz CT molecular complexity index is 389. The summed E-state index contributed by atoms with van der Waals surface area (Å²) in [4.78, 5) is 4.39. The highest BCUT2D eigenvalue weighted by molar-refractivity contribution is 5.13. The van der Waals surface area contributed by atoms with Crippen LogP contribution in [-0.4, -0.2) is 16.1 Å². The van der Waals surface area contributed by atoms with Gasteiger partial charge in [-0.3, -0.25) is 0 Å². The predicted molar refractivity (Wildman–Crippen MR) is 70.7 cm³/mol. The second-order valence-electron chi connectivity index (χ2n) is 6.52. The van der Waals surface area contributed by atoms with Gasteiger partial charge < -0.3 is 9.88 Å². The van der Waals surface area contributed by atoms with E-state index in [-0.39, 0.29) is 0 Å². The molecule has 1 aliphatic carbocycles. The van der Waals surface area contributed by atoms with E-state index in [9.17, 15) is 0 Å². The van der Waals surface area contributed by atoms with Crippen molar-refractivity contribution in [3.8, 4) is 0 Å². The Kier molecular flexibility index (Phi) is 2.85. The van der Waals surface area contributed by atoms with E-state index in [1.807, 2.05) is 19.4 Å². The maximum atomic E-state index is 4.39. The number of imidazole rings is 1. The van der Waals surface area contributed by atoms with Crippen LogP contribution in [0, 0.1) is 16.7 Å². The Morgan fingerprint density at radius 2 is 1.94 bits per heavy atom. The molecule has 2 rings (SSSR count). The molecule has 0 saturated heterocycles. The molecular formula is C14H25N3. The molecule has 1 aromatic heterocycles. The lowest BCUT2D eigenvalue weighted by molar-refractivity contribution is 0.457. The first-order chi connectivity index (χ1) is 7.78. The minimum absolute atomic E-state index is 0.321. The molecule has 1 unspecified atom stereocenters. The molecule has 1 heterocycles.